The molecule has 2 rings (SSSR count). The molecule has 5 heteroatoms. The average molecular weight is 231 g/mol. The number of hydrogen-bond acceptors (Lipinski definition) is 4. The highest BCUT2D eigenvalue weighted by Crippen LogP contribution is 2.23. The van der Waals surface area contributed by atoms with Gasteiger partial charge in [-0.2, -0.15) is 5.26 Å². The summed E-state index contributed by atoms with van der Waals surface area (Å²) in [4.78, 5) is 15.9. The topological polar surface area (TPSA) is 65.8 Å². The number of nitrogens with zero attached hydrogens (tertiary/aromatic N) is 2. The standard InChI is InChI=1S/C11H9N3OS/c12-4-2-6-14-11(15)8-7-16-9-3-1-5-13-10(8)9/h1,3,5,7H,2,6H2,(H,14,15). The van der Waals surface area contributed by atoms with Gasteiger partial charge < -0.3 is 5.32 Å². The van der Waals surface area contributed by atoms with Crippen molar-refractivity contribution in [2.24, 2.45) is 0 Å². The van der Waals surface area contributed by atoms with E-state index < -0.39 is 0 Å². The van der Waals surface area contributed by atoms with Gasteiger partial charge >= 0.3 is 0 Å². The van der Waals surface area contributed by atoms with Crippen LogP contribution in [0.15, 0.2) is 23.7 Å². The van der Waals surface area contributed by atoms with Crippen molar-refractivity contribution in [2.45, 2.75) is 6.42 Å². The van der Waals surface area contributed by atoms with Gasteiger partial charge in [0.15, 0.2) is 0 Å². The normalized spacial score (nSPS) is 9.94. The lowest BCUT2D eigenvalue weighted by Gasteiger charge is -2.00. The number of aromatic nitrogens is 1. The first kappa shape index (κ1) is 10.6. The van der Waals surface area contributed by atoms with Crippen LogP contribution in [-0.2, 0) is 0 Å². The molecule has 1 N–H and O–H groups in total. The Labute approximate surface area is 96.5 Å². The molecule has 0 atom stereocenters. The Bertz CT molecular complexity index is 556. The van der Waals surface area contributed by atoms with Gasteiger partial charge in [-0.3, -0.25) is 9.78 Å². The molecule has 0 spiro atoms. The second-order valence-electron chi connectivity index (χ2n) is 3.16. The zero-order chi connectivity index (χ0) is 11.4. The van der Waals surface area contributed by atoms with E-state index in [4.69, 9.17) is 5.26 Å². The summed E-state index contributed by atoms with van der Waals surface area (Å²) in [7, 11) is 0. The largest absolute Gasteiger partial charge is 0.351 e. The van der Waals surface area contributed by atoms with E-state index in [1.807, 2.05) is 18.2 Å². The van der Waals surface area contributed by atoms with Crippen molar-refractivity contribution >= 4 is 27.5 Å². The number of hydrogen-bond donors (Lipinski definition) is 1. The number of nitrogens with one attached hydrogen (secondary N) is 1. The molecule has 80 valence electrons. The fourth-order valence-corrected chi connectivity index (χ4v) is 2.25. The molecule has 0 aromatic carbocycles. The van der Waals surface area contributed by atoms with E-state index in [1.54, 1.807) is 11.6 Å². The monoisotopic (exact) mass is 231 g/mol. The molecule has 2 aromatic heterocycles. The third-order valence-electron chi connectivity index (χ3n) is 2.10. The number of fused-ring (bicyclic) bond motifs is 1. The van der Waals surface area contributed by atoms with Crippen molar-refractivity contribution in [3.05, 3.63) is 29.3 Å². The smallest absolute Gasteiger partial charge is 0.254 e. The van der Waals surface area contributed by atoms with Crippen molar-refractivity contribution in [3.63, 3.8) is 0 Å². The van der Waals surface area contributed by atoms with Crippen LogP contribution in [0.1, 0.15) is 16.8 Å². The van der Waals surface area contributed by atoms with E-state index in [1.165, 1.54) is 11.3 Å². The quantitative estimate of drug-likeness (QED) is 0.821. The molecule has 16 heavy (non-hydrogen) atoms. The number of nitriles is 1. The molecule has 0 unspecified atom stereocenters. The summed E-state index contributed by atoms with van der Waals surface area (Å²) >= 11 is 1.49. The van der Waals surface area contributed by atoms with Gasteiger partial charge in [0.05, 0.1) is 28.3 Å². The van der Waals surface area contributed by atoms with Crippen LogP contribution in [-0.4, -0.2) is 17.4 Å². The van der Waals surface area contributed by atoms with Gasteiger partial charge in [-0.25, -0.2) is 0 Å². The molecule has 1 amide bonds. The van der Waals surface area contributed by atoms with Gasteiger partial charge in [-0.1, -0.05) is 0 Å². The van der Waals surface area contributed by atoms with Crippen molar-refractivity contribution in [1.29, 1.82) is 5.26 Å². The van der Waals surface area contributed by atoms with Crippen LogP contribution in [0.2, 0.25) is 0 Å². The summed E-state index contributed by atoms with van der Waals surface area (Å²) in [5.74, 6) is -0.166. The molecule has 2 heterocycles. The van der Waals surface area contributed by atoms with Gasteiger partial charge in [-0.15, -0.1) is 11.3 Å². The lowest BCUT2D eigenvalue weighted by Crippen LogP contribution is -2.23. The maximum absolute atomic E-state index is 11.7. The first-order chi connectivity index (χ1) is 7.83. The van der Waals surface area contributed by atoms with Gasteiger partial charge in [0, 0.05) is 18.1 Å². The highest BCUT2D eigenvalue weighted by Gasteiger charge is 2.11. The second kappa shape index (κ2) is 4.73. The van der Waals surface area contributed by atoms with Crippen LogP contribution in [0.25, 0.3) is 10.2 Å². The van der Waals surface area contributed by atoms with Crippen molar-refractivity contribution in [3.8, 4) is 6.07 Å². The number of amides is 1. The molecule has 4 nitrogen and oxygen atoms in total. The third kappa shape index (κ3) is 2.02. The Hall–Kier alpha value is -1.93. The molecule has 2 aromatic rings. The Morgan fingerprint density at radius 2 is 2.50 bits per heavy atom. The summed E-state index contributed by atoms with van der Waals surface area (Å²) in [5, 5.41) is 12.8. The first-order valence-corrected chi connectivity index (χ1v) is 5.68. The van der Waals surface area contributed by atoms with Crippen LogP contribution >= 0.6 is 11.3 Å². The average Bonchev–Trinajstić information content (AvgIpc) is 2.73. The van der Waals surface area contributed by atoms with E-state index in [0.29, 0.717) is 18.5 Å². The Morgan fingerprint density at radius 1 is 1.62 bits per heavy atom. The molecule has 0 aliphatic carbocycles. The summed E-state index contributed by atoms with van der Waals surface area (Å²) < 4.78 is 0.993. The minimum absolute atomic E-state index is 0.166. The highest BCUT2D eigenvalue weighted by molar-refractivity contribution is 7.17. The third-order valence-corrected chi connectivity index (χ3v) is 3.03. The van der Waals surface area contributed by atoms with E-state index in [9.17, 15) is 4.79 Å². The fourth-order valence-electron chi connectivity index (χ4n) is 1.35. The zero-order valence-corrected chi connectivity index (χ0v) is 9.25. The molecule has 0 radical (unpaired) electrons. The maximum atomic E-state index is 11.7. The molecule has 0 bridgehead atoms. The lowest BCUT2D eigenvalue weighted by molar-refractivity contribution is 0.0956. The molecule has 0 aliphatic rings. The number of rotatable bonds is 3. The Kier molecular flexibility index (Phi) is 3.13. The molecule has 0 saturated carbocycles. The van der Waals surface area contributed by atoms with E-state index in [-0.39, 0.29) is 5.91 Å². The summed E-state index contributed by atoms with van der Waals surface area (Å²) in [6.07, 6.45) is 1.99. The first-order valence-electron chi connectivity index (χ1n) is 4.80. The maximum Gasteiger partial charge on any atom is 0.254 e. The number of carbonyl (C=O) groups excluding carboxylic acids is 1. The van der Waals surface area contributed by atoms with Gasteiger partial charge in [0.1, 0.15) is 0 Å². The Morgan fingerprint density at radius 3 is 3.31 bits per heavy atom. The lowest BCUT2D eigenvalue weighted by atomic mass is 10.2. The van der Waals surface area contributed by atoms with Crippen molar-refractivity contribution in [1.82, 2.24) is 10.3 Å². The van der Waals surface area contributed by atoms with Crippen molar-refractivity contribution < 1.29 is 4.79 Å². The number of thiophene rings is 1. The van der Waals surface area contributed by atoms with Crippen molar-refractivity contribution in [2.75, 3.05) is 6.54 Å². The van der Waals surface area contributed by atoms with Crippen LogP contribution in [0, 0.1) is 11.3 Å². The molecule has 0 aliphatic heterocycles. The molecular weight excluding hydrogens is 222 g/mol. The Balaban J connectivity index is 2.20. The summed E-state index contributed by atoms with van der Waals surface area (Å²) in [6, 6.07) is 5.75. The predicted molar refractivity (Wildman–Crippen MR) is 62.2 cm³/mol. The second-order valence-corrected chi connectivity index (χ2v) is 4.07. The molecule has 0 fully saturated rings. The van der Waals surface area contributed by atoms with Crippen LogP contribution in [0.5, 0.6) is 0 Å². The number of carbonyl (C=O) groups is 1. The van der Waals surface area contributed by atoms with Gasteiger partial charge in [0.2, 0.25) is 0 Å². The zero-order valence-electron chi connectivity index (χ0n) is 8.43. The van der Waals surface area contributed by atoms with Gasteiger partial charge in [0.25, 0.3) is 5.91 Å². The number of pyridine rings is 1. The fraction of sp³-hybridized carbons (Fsp3) is 0.182. The van der Waals surface area contributed by atoms with E-state index >= 15 is 0 Å². The van der Waals surface area contributed by atoms with Gasteiger partial charge in [-0.05, 0) is 12.1 Å². The minimum Gasteiger partial charge on any atom is -0.351 e. The summed E-state index contributed by atoms with van der Waals surface area (Å²) in [6.45, 7) is 0.375. The van der Waals surface area contributed by atoms with E-state index in [0.717, 1.165) is 10.2 Å². The predicted octanol–water partition coefficient (Wildman–Crippen LogP) is 1.94. The molecule has 0 saturated heterocycles. The van der Waals surface area contributed by atoms with Crippen LogP contribution in [0.3, 0.4) is 0 Å². The summed E-state index contributed by atoms with van der Waals surface area (Å²) in [5.41, 5.74) is 1.31. The minimum atomic E-state index is -0.166. The highest BCUT2D eigenvalue weighted by atomic mass is 32.1. The molecular formula is C11H9N3OS. The SMILES string of the molecule is N#CCCNC(=O)c1csc2cccnc12. The van der Waals surface area contributed by atoms with E-state index in [2.05, 4.69) is 10.3 Å². The van der Waals surface area contributed by atoms with Crippen LogP contribution < -0.4 is 5.32 Å². The van der Waals surface area contributed by atoms with Crippen LogP contribution in [0.4, 0.5) is 0 Å².